The fourth-order valence-electron chi connectivity index (χ4n) is 1.97. The Balaban J connectivity index is 2.23. The van der Waals surface area contributed by atoms with E-state index in [0.29, 0.717) is 11.4 Å². The van der Waals surface area contributed by atoms with Gasteiger partial charge in [0.1, 0.15) is 5.75 Å². The molecule has 0 radical (unpaired) electrons. The lowest BCUT2D eigenvalue weighted by atomic mass is 10.3. The van der Waals surface area contributed by atoms with E-state index in [-0.39, 0.29) is 17.9 Å². The second kappa shape index (κ2) is 5.01. The van der Waals surface area contributed by atoms with Gasteiger partial charge in [-0.05, 0) is 18.6 Å². The summed E-state index contributed by atoms with van der Waals surface area (Å²) in [6, 6.07) is 6.59. The maximum Gasteiger partial charge on any atom is 0.236 e. The monoisotopic (exact) mass is 305 g/mol. The van der Waals surface area contributed by atoms with Gasteiger partial charge in [0.15, 0.2) is 9.84 Å². The van der Waals surface area contributed by atoms with Gasteiger partial charge in [-0.25, -0.2) is 16.8 Å². The average Bonchev–Trinajstić information content (AvgIpc) is 2.71. The lowest BCUT2D eigenvalue weighted by Gasteiger charge is -2.14. The number of rotatable bonds is 4. The number of sulfone groups is 1. The van der Waals surface area contributed by atoms with Crippen LogP contribution in [-0.4, -0.2) is 40.7 Å². The topological polar surface area (TPSA) is 89.5 Å². The van der Waals surface area contributed by atoms with Gasteiger partial charge in [0.2, 0.25) is 10.0 Å². The van der Waals surface area contributed by atoms with Gasteiger partial charge in [0, 0.05) is 0 Å². The van der Waals surface area contributed by atoms with E-state index < -0.39 is 25.1 Å². The molecule has 8 heteroatoms. The third-order valence-electron chi connectivity index (χ3n) is 2.99. The average molecular weight is 305 g/mol. The Hall–Kier alpha value is -1.28. The molecule has 0 spiro atoms. The first-order valence-corrected chi connectivity index (χ1v) is 9.06. The van der Waals surface area contributed by atoms with Crippen LogP contribution in [0.1, 0.15) is 6.42 Å². The summed E-state index contributed by atoms with van der Waals surface area (Å²) in [4.78, 5) is 0. The van der Waals surface area contributed by atoms with Crippen molar-refractivity contribution in [3.63, 3.8) is 0 Å². The van der Waals surface area contributed by atoms with Crippen LogP contribution >= 0.6 is 0 Å². The molecule has 0 aliphatic carbocycles. The predicted octanol–water partition coefficient (Wildman–Crippen LogP) is 0.624. The zero-order valence-electron chi connectivity index (χ0n) is 10.4. The third-order valence-corrected chi connectivity index (χ3v) is 6.75. The quantitative estimate of drug-likeness (QED) is 0.881. The first kappa shape index (κ1) is 14.1. The molecule has 1 heterocycles. The highest BCUT2D eigenvalue weighted by Crippen LogP contribution is 2.27. The van der Waals surface area contributed by atoms with Crippen molar-refractivity contribution in [1.82, 2.24) is 0 Å². The minimum absolute atomic E-state index is 0.0789. The Morgan fingerprint density at radius 3 is 2.58 bits per heavy atom. The Labute approximate surface area is 112 Å². The maximum absolute atomic E-state index is 12.1. The summed E-state index contributed by atoms with van der Waals surface area (Å²) >= 11 is 0. The number of sulfonamides is 1. The second-order valence-electron chi connectivity index (χ2n) is 4.37. The van der Waals surface area contributed by atoms with Crippen LogP contribution in [-0.2, 0) is 19.9 Å². The van der Waals surface area contributed by atoms with Crippen molar-refractivity contribution in [2.45, 2.75) is 11.7 Å². The van der Waals surface area contributed by atoms with Gasteiger partial charge in [-0.15, -0.1) is 0 Å². The van der Waals surface area contributed by atoms with Crippen LogP contribution in [0.3, 0.4) is 0 Å². The number of benzene rings is 1. The van der Waals surface area contributed by atoms with E-state index in [1.807, 2.05) is 0 Å². The number of methoxy groups -OCH3 is 1. The molecule has 1 fully saturated rings. The van der Waals surface area contributed by atoms with Crippen molar-refractivity contribution >= 4 is 25.5 Å². The van der Waals surface area contributed by atoms with Gasteiger partial charge in [0.25, 0.3) is 0 Å². The zero-order valence-corrected chi connectivity index (χ0v) is 12.0. The fraction of sp³-hybridized carbons (Fsp3) is 0.455. The SMILES string of the molecule is COc1ccccc1NS(=O)(=O)[C@@H]1CCS(=O)(=O)C1. The first-order chi connectivity index (χ1) is 8.84. The minimum atomic E-state index is -3.73. The van der Waals surface area contributed by atoms with Crippen LogP contribution < -0.4 is 9.46 Å². The van der Waals surface area contributed by atoms with Gasteiger partial charge in [-0.3, -0.25) is 4.72 Å². The molecule has 0 aromatic heterocycles. The van der Waals surface area contributed by atoms with Gasteiger partial charge in [-0.2, -0.15) is 0 Å². The van der Waals surface area contributed by atoms with Crippen molar-refractivity contribution in [2.75, 3.05) is 23.3 Å². The van der Waals surface area contributed by atoms with Crippen LogP contribution in [0.5, 0.6) is 5.75 Å². The standard InChI is InChI=1S/C11H15NO5S2/c1-17-11-5-3-2-4-10(11)12-19(15,16)9-6-7-18(13,14)8-9/h2-5,9,12H,6-8H2,1H3/t9-/m1/s1. The van der Waals surface area contributed by atoms with Gasteiger partial charge < -0.3 is 4.74 Å². The van der Waals surface area contributed by atoms with Crippen LogP contribution in [0, 0.1) is 0 Å². The zero-order chi connectivity index (χ0) is 14.1. The smallest absolute Gasteiger partial charge is 0.236 e. The van der Waals surface area contributed by atoms with Crippen molar-refractivity contribution in [1.29, 1.82) is 0 Å². The van der Waals surface area contributed by atoms with E-state index in [2.05, 4.69) is 4.72 Å². The van der Waals surface area contributed by atoms with Crippen LogP contribution in [0.25, 0.3) is 0 Å². The van der Waals surface area contributed by atoms with Crippen LogP contribution in [0.2, 0.25) is 0 Å². The lowest BCUT2D eigenvalue weighted by Crippen LogP contribution is -2.29. The summed E-state index contributed by atoms with van der Waals surface area (Å²) in [5.74, 6) is -0.00551. The summed E-state index contributed by atoms with van der Waals surface area (Å²) in [6.45, 7) is 0. The minimum Gasteiger partial charge on any atom is -0.495 e. The van der Waals surface area contributed by atoms with Gasteiger partial charge in [-0.1, -0.05) is 12.1 Å². The van der Waals surface area contributed by atoms with Crippen molar-refractivity contribution in [3.05, 3.63) is 24.3 Å². The molecule has 19 heavy (non-hydrogen) atoms. The van der Waals surface area contributed by atoms with E-state index in [9.17, 15) is 16.8 Å². The Morgan fingerprint density at radius 1 is 1.32 bits per heavy atom. The number of hydrogen-bond donors (Lipinski definition) is 1. The molecule has 1 aliphatic heterocycles. The summed E-state index contributed by atoms with van der Waals surface area (Å²) in [5, 5.41) is -0.901. The highest BCUT2D eigenvalue weighted by Gasteiger charge is 2.37. The molecule has 1 saturated heterocycles. The van der Waals surface area contributed by atoms with Gasteiger partial charge in [0.05, 0.1) is 29.6 Å². The Kier molecular flexibility index (Phi) is 3.73. The van der Waals surface area contributed by atoms with E-state index in [4.69, 9.17) is 4.74 Å². The van der Waals surface area contributed by atoms with Crippen molar-refractivity contribution in [3.8, 4) is 5.75 Å². The van der Waals surface area contributed by atoms with E-state index in [1.165, 1.54) is 7.11 Å². The van der Waals surface area contributed by atoms with Crippen molar-refractivity contribution in [2.24, 2.45) is 0 Å². The third kappa shape index (κ3) is 3.19. The second-order valence-corrected chi connectivity index (χ2v) is 8.56. The molecule has 1 aromatic rings. The van der Waals surface area contributed by atoms with E-state index >= 15 is 0 Å². The highest BCUT2D eigenvalue weighted by molar-refractivity contribution is 7.97. The number of ether oxygens (including phenoxy) is 1. The number of hydrogen-bond acceptors (Lipinski definition) is 5. The number of nitrogens with one attached hydrogen (secondary N) is 1. The van der Waals surface area contributed by atoms with Crippen LogP contribution in [0.4, 0.5) is 5.69 Å². The summed E-state index contributed by atoms with van der Waals surface area (Å²) in [6.07, 6.45) is 0.132. The number of anilines is 1. The molecular weight excluding hydrogens is 290 g/mol. The predicted molar refractivity (Wildman–Crippen MR) is 72.6 cm³/mol. The van der Waals surface area contributed by atoms with E-state index in [1.54, 1.807) is 24.3 Å². The molecule has 1 atom stereocenters. The maximum atomic E-state index is 12.1. The molecular formula is C11H15NO5S2. The molecule has 0 saturated carbocycles. The highest BCUT2D eigenvalue weighted by atomic mass is 32.2. The molecule has 1 N–H and O–H groups in total. The molecule has 6 nitrogen and oxygen atoms in total. The molecule has 0 amide bonds. The first-order valence-electron chi connectivity index (χ1n) is 5.69. The van der Waals surface area contributed by atoms with Gasteiger partial charge >= 0.3 is 0 Å². The van der Waals surface area contributed by atoms with Crippen molar-refractivity contribution < 1.29 is 21.6 Å². The summed E-state index contributed by atoms with van der Waals surface area (Å²) in [7, 11) is -5.53. The normalized spacial score (nSPS) is 22.1. The molecule has 0 bridgehead atoms. The summed E-state index contributed by atoms with van der Waals surface area (Å²) < 4.78 is 54.4. The lowest BCUT2D eigenvalue weighted by molar-refractivity contribution is 0.417. The number of para-hydroxylation sites is 2. The Morgan fingerprint density at radius 2 is 2.00 bits per heavy atom. The molecule has 106 valence electrons. The fourth-order valence-corrected chi connectivity index (χ4v) is 6.07. The molecule has 1 aromatic carbocycles. The molecule has 2 rings (SSSR count). The molecule has 1 aliphatic rings. The van der Waals surface area contributed by atoms with Crippen LogP contribution in [0.15, 0.2) is 24.3 Å². The molecule has 0 unspecified atom stereocenters. The van der Waals surface area contributed by atoms with E-state index in [0.717, 1.165) is 0 Å². The largest absolute Gasteiger partial charge is 0.495 e. The summed E-state index contributed by atoms with van der Waals surface area (Å²) in [5.41, 5.74) is 0.314. The Bertz CT molecular complexity index is 666.